The molecule has 0 spiro atoms. The first-order valence-corrected chi connectivity index (χ1v) is 21.4. The van der Waals surface area contributed by atoms with Crippen LogP contribution in [0.2, 0.25) is 0 Å². The van der Waals surface area contributed by atoms with Crippen LogP contribution in [0.3, 0.4) is 0 Å². The van der Waals surface area contributed by atoms with E-state index in [1.165, 1.54) is 39.5 Å². The maximum absolute atomic E-state index is 13.2. The van der Waals surface area contributed by atoms with Crippen LogP contribution in [-0.4, -0.2) is 206 Å². The highest BCUT2D eigenvalue weighted by molar-refractivity contribution is 8.76. The summed E-state index contributed by atoms with van der Waals surface area (Å²) in [6, 6.07) is -3.06. The number of carboxylic acids is 4. The summed E-state index contributed by atoms with van der Waals surface area (Å²) in [5.41, 5.74) is 11.1. The van der Waals surface area contributed by atoms with Gasteiger partial charge < -0.3 is 72.3 Å². The number of carbonyl (C=O) groups is 9. The SMILES string of the molecule is CNC(CCC(=O)O)C(=O)NC(CCC(=O)NC(CSSCC(NC(=O)CN1CCN(CC(=O)[O-])CCN(CC(=O)[O-])CCN(CC(=O)[O-])CC1)OCN)C(N)=O)C(C)=O. The standard InChI is InChI=1S/C34H60N10O14S2/c1-22(45)23(39-34(57)24(37-2)4-6-29(48)49)3-5-26(46)38-25(33(36)56)19-59-60-20-28(58-21-35)40-27(47)15-41-7-9-42(16-30(50)51)11-13-44(18-32(54)55)14-12-43(10-8-41)17-31(52)53/h23-25,28,37H,3-21,35H2,1-2H3,(H2,36,56)(H,38,46)(H,39,57)(H,40,47)(H,48,49)(H,50,51)(H,52,53)(H,54,55)/p-3. The van der Waals surface area contributed by atoms with Crippen LogP contribution in [0.5, 0.6) is 0 Å². The van der Waals surface area contributed by atoms with Crippen LogP contribution in [-0.2, 0) is 47.9 Å². The van der Waals surface area contributed by atoms with Gasteiger partial charge in [-0.3, -0.25) is 48.4 Å². The van der Waals surface area contributed by atoms with Gasteiger partial charge in [-0.2, -0.15) is 0 Å². The summed E-state index contributed by atoms with van der Waals surface area (Å²) in [6.45, 7) is 0.596. The van der Waals surface area contributed by atoms with Gasteiger partial charge in [0.15, 0.2) is 5.78 Å². The Balaban J connectivity index is 2.81. The molecular weight excluding hydrogens is 837 g/mol. The van der Waals surface area contributed by atoms with E-state index in [2.05, 4.69) is 21.3 Å². The minimum Gasteiger partial charge on any atom is -0.549 e. The van der Waals surface area contributed by atoms with E-state index in [0.717, 1.165) is 10.8 Å². The fourth-order valence-corrected chi connectivity index (χ4v) is 7.96. The molecule has 1 aliphatic rings. The van der Waals surface area contributed by atoms with Crippen molar-refractivity contribution in [3.05, 3.63) is 0 Å². The molecule has 1 fully saturated rings. The van der Waals surface area contributed by atoms with Gasteiger partial charge in [-0.1, -0.05) is 21.6 Å². The number of hydrogen-bond acceptors (Lipinski definition) is 21. The van der Waals surface area contributed by atoms with Gasteiger partial charge in [-0.25, -0.2) is 0 Å². The summed E-state index contributed by atoms with van der Waals surface area (Å²) in [5, 5.41) is 53.5. The molecule has 1 aliphatic heterocycles. The first-order valence-electron chi connectivity index (χ1n) is 19.0. The van der Waals surface area contributed by atoms with Gasteiger partial charge in [0, 0.05) is 96.3 Å². The average Bonchev–Trinajstić information content (AvgIpc) is 3.14. The summed E-state index contributed by atoms with van der Waals surface area (Å²) in [7, 11) is 3.76. The molecule has 1 heterocycles. The molecule has 0 aliphatic carbocycles. The number of aliphatic carboxylic acids is 4. The Bertz CT molecular complexity index is 1420. The first-order chi connectivity index (χ1) is 28.3. The van der Waals surface area contributed by atoms with Gasteiger partial charge in [0.25, 0.3) is 0 Å². The lowest BCUT2D eigenvalue weighted by Gasteiger charge is -2.34. The van der Waals surface area contributed by atoms with Crippen molar-refractivity contribution in [2.24, 2.45) is 11.5 Å². The van der Waals surface area contributed by atoms with Crippen molar-refractivity contribution < 1.29 is 68.3 Å². The van der Waals surface area contributed by atoms with Gasteiger partial charge in [0.1, 0.15) is 12.3 Å². The monoisotopic (exact) mass is 893 g/mol. The number of primary amides is 1. The zero-order chi connectivity index (χ0) is 45.2. The minimum atomic E-state index is -1.35. The molecule has 24 nitrogen and oxygen atoms in total. The average molecular weight is 894 g/mol. The molecule has 0 aromatic carbocycles. The van der Waals surface area contributed by atoms with Crippen LogP contribution in [0.15, 0.2) is 0 Å². The number of hydrogen-bond donors (Lipinski definition) is 7. The molecule has 1 rings (SSSR count). The van der Waals surface area contributed by atoms with Crippen LogP contribution in [0.4, 0.5) is 0 Å². The van der Waals surface area contributed by atoms with Gasteiger partial charge in [-0.05, 0) is 26.8 Å². The van der Waals surface area contributed by atoms with Crippen LogP contribution < -0.4 is 48.1 Å². The van der Waals surface area contributed by atoms with Crippen molar-refractivity contribution in [2.75, 3.05) is 104 Å². The van der Waals surface area contributed by atoms with Crippen LogP contribution in [0.1, 0.15) is 32.6 Å². The molecule has 0 bridgehead atoms. The molecule has 4 unspecified atom stereocenters. The van der Waals surface area contributed by atoms with Gasteiger partial charge in [-0.15, -0.1) is 0 Å². The van der Waals surface area contributed by atoms with Gasteiger partial charge >= 0.3 is 5.97 Å². The highest BCUT2D eigenvalue weighted by Gasteiger charge is 2.26. The van der Waals surface area contributed by atoms with Crippen molar-refractivity contribution in [3.8, 4) is 0 Å². The fraction of sp³-hybridized carbons (Fsp3) is 0.735. The Morgan fingerprint density at radius 1 is 0.650 bits per heavy atom. The Kier molecular flexibility index (Phi) is 26.9. The zero-order valence-electron chi connectivity index (χ0n) is 33.8. The molecule has 0 aromatic rings. The molecule has 0 aromatic heterocycles. The molecule has 9 N–H and O–H groups in total. The Labute approximate surface area is 355 Å². The van der Waals surface area contributed by atoms with Crippen molar-refractivity contribution in [1.82, 2.24) is 40.9 Å². The predicted octanol–water partition coefficient (Wildman–Crippen LogP) is -8.51. The Morgan fingerprint density at radius 2 is 1.10 bits per heavy atom. The summed E-state index contributed by atoms with van der Waals surface area (Å²) in [5.74, 6) is -8.04. The largest absolute Gasteiger partial charge is 0.549 e. The van der Waals surface area contributed by atoms with E-state index in [-0.39, 0.29) is 103 Å². The number of nitrogens with zero attached hydrogens (tertiary/aromatic N) is 4. The number of nitrogens with one attached hydrogen (secondary N) is 4. The lowest BCUT2D eigenvalue weighted by molar-refractivity contribution is -0.308. The number of nitrogens with two attached hydrogens (primary N) is 2. The number of carboxylic acid groups (broad SMARTS) is 4. The molecule has 1 saturated heterocycles. The van der Waals surface area contributed by atoms with E-state index in [9.17, 15) is 58.5 Å². The minimum absolute atomic E-state index is 0.00120. The maximum Gasteiger partial charge on any atom is 0.303 e. The summed E-state index contributed by atoms with van der Waals surface area (Å²) < 4.78 is 5.47. The molecule has 4 atom stereocenters. The van der Waals surface area contributed by atoms with E-state index in [1.54, 1.807) is 4.90 Å². The molecule has 0 radical (unpaired) electrons. The third kappa shape index (κ3) is 24.8. The first kappa shape index (κ1) is 53.9. The Hall–Kier alpha value is -4.15. The summed E-state index contributed by atoms with van der Waals surface area (Å²) >= 11 is 0. The fourth-order valence-electron chi connectivity index (χ4n) is 5.72. The number of ketones is 1. The predicted molar refractivity (Wildman–Crippen MR) is 210 cm³/mol. The normalized spacial score (nSPS) is 17.1. The molecule has 26 heteroatoms. The van der Waals surface area contributed by atoms with E-state index in [0.29, 0.717) is 0 Å². The lowest BCUT2D eigenvalue weighted by atomic mass is 10.1. The molecule has 0 saturated carbocycles. The number of ether oxygens (including phenoxy) is 1. The van der Waals surface area contributed by atoms with E-state index >= 15 is 0 Å². The lowest BCUT2D eigenvalue weighted by Crippen LogP contribution is -2.52. The third-order valence-electron chi connectivity index (χ3n) is 8.97. The smallest absolute Gasteiger partial charge is 0.303 e. The second kappa shape index (κ2) is 30.0. The van der Waals surface area contributed by atoms with Crippen molar-refractivity contribution in [1.29, 1.82) is 0 Å². The van der Waals surface area contributed by atoms with Crippen LogP contribution >= 0.6 is 21.6 Å². The molecule has 4 amide bonds. The number of Topliss-reactive ketones (excluding diaryl/α,β-unsaturated/α-hetero) is 1. The molecule has 60 heavy (non-hydrogen) atoms. The van der Waals surface area contributed by atoms with Crippen molar-refractivity contribution in [2.45, 2.75) is 57.0 Å². The summed E-state index contributed by atoms with van der Waals surface area (Å²) in [6.07, 6.45) is -1.58. The number of amides is 4. The van der Waals surface area contributed by atoms with E-state index in [1.807, 2.05) is 0 Å². The topological polar surface area (TPSA) is 365 Å². The third-order valence-corrected chi connectivity index (χ3v) is 11.4. The van der Waals surface area contributed by atoms with E-state index in [4.69, 9.17) is 21.3 Å². The highest BCUT2D eigenvalue weighted by atomic mass is 33.1. The second-order valence-electron chi connectivity index (χ2n) is 13.7. The van der Waals surface area contributed by atoms with Crippen molar-refractivity contribution >= 4 is 74.9 Å². The van der Waals surface area contributed by atoms with Crippen LogP contribution in [0.25, 0.3) is 0 Å². The van der Waals surface area contributed by atoms with E-state index < -0.39 is 97.3 Å². The molecular formula is C34H57N10O14S2-3. The second-order valence-corrected chi connectivity index (χ2v) is 16.2. The van der Waals surface area contributed by atoms with Gasteiger partial charge in [0.05, 0.1) is 43.3 Å². The number of carbonyl (C=O) groups excluding carboxylic acids is 8. The highest BCUT2D eigenvalue weighted by Crippen LogP contribution is 2.23. The Morgan fingerprint density at radius 3 is 1.50 bits per heavy atom. The zero-order valence-corrected chi connectivity index (χ0v) is 35.4. The maximum atomic E-state index is 13.2. The van der Waals surface area contributed by atoms with Crippen LogP contribution in [0, 0.1) is 0 Å². The summed E-state index contributed by atoms with van der Waals surface area (Å²) in [4.78, 5) is 114. The number of likely N-dealkylation sites (N-methyl/N-ethyl adjacent to an activating group) is 1. The number of rotatable bonds is 28. The quantitative estimate of drug-likeness (QED) is 0.0218. The molecule has 342 valence electrons. The van der Waals surface area contributed by atoms with Crippen molar-refractivity contribution in [3.63, 3.8) is 0 Å². The van der Waals surface area contributed by atoms with Gasteiger partial charge in [0.2, 0.25) is 23.6 Å².